The van der Waals surface area contributed by atoms with Crippen molar-refractivity contribution < 1.29 is 0 Å². The number of nitrogens with zero attached hydrogens (tertiary/aromatic N) is 2. The smallest absolute Gasteiger partial charge is 0.131 e. The molecule has 0 spiro atoms. The van der Waals surface area contributed by atoms with Crippen molar-refractivity contribution in [2.24, 2.45) is 0 Å². The van der Waals surface area contributed by atoms with Crippen LogP contribution in [0.1, 0.15) is 25.7 Å². The van der Waals surface area contributed by atoms with Gasteiger partial charge in [-0.15, -0.1) is 0 Å². The fourth-order valence-electron chi connectivity index (χ4n) is 2.64. The third-order valence-corrected chi connectivity index (χ3v) is 6.12. The van der Waals surface area contributed by atoms with Crippen LogP contribution in [0.3, 0.4) is 0 Å². The van der Waals surface area contributed by atoms with Crippen LogP contribution in [0.15, 0.2) is 12.4 Å². The summed E-state index contributed by atoms with van der Waals surface area (Å²) >= 11 is 4.06. The number of thioether (sulfide) groups is 2. The summed E-state index contributed by atoms with van der Waals surface area (Å²) in [5.74, 6) is 6.89. The molecule has 3 heterocycles. The van der Waals surface area contributed by atoms with E-state index in [0.29, 0.717) is 12.1 Å². The summed E-state index contributed by atoms with van der Waals surface area (Å²) in [6.45, 7) is 0. The van der Waals surface area contributed by atoms with Gasteiger partial charge < -0.3 is 10.6 Å². The third-order valence-electron chi connectivity index (χ3n) is 3.69. The summed E-state index contributed by atoms with van der Waals surface area (Å²) in [5, 5.41) is 7.08. The summed E-state index contributed by atoms with van der Waals surface area (Å²) in [4.78, 5) is 8.70. The van der Waals surface area contributed by atoms with E-state index in [1.165, 1.54) is 48.7 Å². The Morgan fingerprint density at radius 3 is 1.90 bits per heavy atom. The molecule has 1 aromatic rings. The van der Waals surface area contributed by atoms with Gasteiger partial charge in [-0.25, -0.2) is 9.97 Å². The van der Waals surface area contributed by atoms with Gasteiger partial charge in [0.1, 0.15) is 18.0 Å². The normalized spacial score (nSPS) is 27.0. The van der Waals surface area contributed by atoms with E-state index in [4.69, 9.17) is 0 Å². The first kappa shape index (κ1) is 14.3. The van der Waals surface area contributed by atoms with Gasteiger partial charge in [0, 0.05) is 29.7 Å². The SMILES string of the molecule is c1nc(NC2CCCSC2)cc(NC2CCCSC2)n1. The summed E-state index contributed by atoms with van der Waals surface area (Å²) in [7, 11) is 0. The molecule has 4 nitrogen and oxygen atoms in total. The van der Waals surface area contributed by atoms with Crippen LogP contribution in [0.4, 0.5) is 11.6 Å². The Morgan fingerprint density at radius 1 is 0.900 bits per heavy atom. The summed E-state index contributed by atoms with van der Waals surface area (Å²) in [6, 6.07) is 3.17. The topological polar surface area (TPSA) is 49.8 Å². The van der Waals surface area contributed by atoms with E-state index in [0.717, 1.165) is 11.6 Å². The first-order chi connectivity index (χ1) is 9.90. The molecule has 0 amide bonds. The lowest BCUT2D eigenvalue weighted by Gasteiger charge is -2.24. The van der Waals surface area contributed by atoms with Gasteiger partial charge in [-0.1, -0.05) is 0 Å². The highest BCUT2D eigenvalue weighted by atomic mass is 32.2. The van der Waals surface area contributed by atoms with E-state index in [-0.39, 0.29) is 0 Å². The lowest BCUT2D eigenvalue weighted by Crippen LogP contribution is -2.27. The minimum absolute atomic E-state index is 0.557. The maximum Gasteiger partial charge on any atom is 0.131 e. The molecule has 0 radical (unpaired) electrons. The predicted octanol–water partition coefficient (Wildman–Crippen LogP) is 3.09. The highest BCUT2D eigenvalue weighted by molar-refractivity contribution is 7.99. The Bertz CT molecular complexity index is 382. The van der Waals surface area contributed by atoms with Crippen molar-refractivity contribution in [2.75, 3.05) is 33.6 Å². The molecule has 3 rings (SSSR count). The molecule has 2 aliphatic rings. The van der Waals surface area contributed by atoms with Crippen LogP contribution in [0.25, 0.3) is 0 Å². The molecule has 110 valence electrons. The van der Waals surface area contributed by atoms with Crippen LogP contribution in [0.2, 0.25) is 0 Å². The van der Waals surface area contributed by atoms with Crippen molar-refractivity contribution in [3.63, 3.8) is 0 Å². The van der Waals surface area contributed by atoms with E-state index in [2.05, 4.69) is 26.7 Å². The average Bonchev–Trinajstić information content (AvgIpc) is 2.50. The molecule has 2 fully saturated rings. The minimum Gasteiger partial charge on any atom is -0.366 e. The maximum absolute atomic E-state index is 4.35. The first-order valence-electron chi connectivity index (χ1n) is 7.41. The van der Waals surface area contributed by atoms with Crippen LogP contribution >= 0.6 is 23.5 Å². The molecule has 2 aliphatic heterocycles. The number of hydrogen-bond acceptors (Lipinski definition) is 6. The molecule has 2 unspecified atom stereocenters. The molecular formula is C14H22N4S2. The second kappa shape index (κ2) is 7.41. The van der Waals surface area contributed by atoms with Gasteiger partial charge in [0.2, 0.25) is 0 Å². The van der Waals surface area contributed by atoms with E-state index in [9.17, 15) is 0 Å². The quantitative estimate of drug-likeness (QED) is 0.891. The third kappa shape index (κ3) is 4.19. The number of nitrogens with one attached hydrogen (secondary N) is 2. The average molecular weight is 310 g/mol. The summed E-state index contributed by atoms with van der Waals surface area (Å²) in [5.41, 5.74) is 0. The molecule has 1 aromatic heterocycles. The highest BCUT2D eigenvalue weighted by Crippen LogP contribution is 2.22. The zero-order chi connectivity index (χ0) is 13.6. The Morgan fingerprint density at radius 2 is 1.45 bits per heavy atom. The molecule has 2 atom stereocenters. The molecule has 0 bridgehead atoms. The summed E-state index contributed by atoms with van der Waals surface area (Å²) < 4.78 is 0. The zero-order valence-electron chi connectivity index (χ0n) is 11.7. The Labute approximate surface area is 129 Å². The fourth-order valence-corrected chi connectivity index (χ4v) is 4.79. The molecule has 0 aromatic carbocycles. The maximum atomic E-state index is 4.35. The van der Waals surface area contributed by atoms with Gasteiger partial charge in [-0.05, 0) is 37.2 Å². The van der Waals surface area contributed by atoms with Crippen LogP contribution in [0.5, 0.6) is 0 Å². The van der Waals surface area contributed by atoms with Crippen molar-refractivity contribution >= 4 is 35.2 Å². The van der Waals surface area contributed by atoms with Crippen molar-refractivity contribution in [2.45, 2.75) is 37.8 Å². The van der Waals surface area contributed by atoms with Crippen molar-refractivity contribution in [3.8, 4) is 0 Å². The van der Waals surface area contributed by atoms with Gasteiger partial charge in [0.15, 0.2) is 0 Å². The Kier molecular flexibility index (Phi) is 5.30. The number of hydrogen-bond donors (Lipinski definition) is 2. The lowest BCUT2D eigenvalue weighted by molar-refractivity contribution is 0.678. The van der Waals surface area contributed by atoms with Gasteiger partial charge in [0.05, 0.1) is 0 Å². The van der Waals surface area contributed by atoms with Crippen LogP contribution < -0.4 is 10.6 Å². The fraction of sp³-hybridized carbons (Fsp3) is 0.714. The van der Waals surface area contributed by atoms with Crippen molar-refractivity contribution in [1.29, 1.82) is 0 Å². The van der Waals surface area contributed by atoms with Crippen molar-refractivity contribution in [3.05, 3.63) is 12.4 Å². The minimum atomic E-state index is 0.557. The second-order valence-electron chi connectivity index (χ2n) is 5.41. The van der Waals surface area contributed by atoms with Gasteiger partial charge in [0.25, 0.3) is 0 Å². The molecule has 2 saturated heterocycles. The Hall–Kier alpha value is -0.620. The molecule has 6 heteroatoms. The lowest BCUT2D eigenvalue weighted by atomic mass is 10.2. The monoisotopic (exact) mass is 310 g/mol. The summed E-state index contributed by atoms with van der Waals surface area (Å²) in [6.07, 6.45) is 6.77. The van der Waals surface area contributed by atoms with E-state index >= 15 is 0 Å². The predicted molar refractivity (Wildman–Crippen MR) is 90.0 cm³/mol. The zero-order valence-corrected chi connectivity index (χ0v) is 13.3. The van der Waals surface area contributed by atoms with Crippen LogP contribution in [-0.2, 0) is 0 Å². The van der Waals surface area contributed by atoms with Gasteiger partial charge in [-0.2, -0.15) is 23.5 Å². The van der Waals surface area contributed by atoms with E-state index in [1.807, 2.05) is 23.5 Å². The molecule has 20 heavy (non-hydrogen) atoms. The van der Waals surface area contributed by atoms with Crippen LogP contribution in [-0.4, -0.2) is 45.1 Å². The highest BCUT2D eigenvalue weighted by Gasteiger charge is 2.16. The first-order valence-corrected chi connectivity index (χ1v) is 9.72. The van der Waals surface area contributed by atoms with Crippen molar-refractivity contribution in [1.82, 2.24) is 9.97 Å². The molecule has 0 aliphatic carbocycles. The largest absolute Gasteiger partial charge is 0.366 e. The molecular weight excluding hydrogens is 288 g/mol. The number of aromatic nitrogens is 2. The van der Waals surface area contributed by atoms with Gasteiger partial charge in [-0.3, -0.25) is 0 Å². The van der Waals surface area contributed by atoms with E-state index < -0.39 is 0 Å². The molecule has 2 N–H and O–H groups in total. The van der Waals surface area contributed by atoms with E-state index in [1.54, 1.807) is 6.33 Å². The molecule has 0 saturated carbocycles. The van der Waals surface area contributed by atoms with Crippen LogP contribution in [0, 0.1) is 0 Å². The van der Waals surface area contributed by atoms with Gasteiger partial charge >= 0.3 is 0 Å². The Balaban J connectivity index is 1.57. The standard InChI is InChI=1S/C14H22N4S2/c1-3-11(8-19-5-1)17-13-7-14(16-10-15-13)18-12-4-2-6-20-9-12/h7,10-12H,1-6,8-9H2,(H2,15,16,17,18). The number of anilines is 2. The second-order valence-corrected chi connectivity index (χ2v) is 7.70. The number of rotatable bonds is 4.